The van der Waals surface area contributed by atoms with Gasteiger partial charge in [-0.3, -0.25) is 4.79 Å². The Hall–Kier alpha value is -1.29. The molecule has 0 saturated heterocycles. The van der Waals surface area contributed by atoms with E-state index in [4.69, 9.17) is 11.6 Å². The minimum absolute atomic E-state index is 0.0509. The first kappa shape index (κ1) is 8.80. The lowest BCUT2D eigenvalue weighted by Crippen LogP contribution is -2.09. The quantitative estimate of drug-likeness (QED) is 0.523. The van der Waals surface area contributed by atoms with Gasteiger partial charge in [-0.25, -0.2) is 4.79 Å². The number of halogens is 1. The lowest BCUT2D eigenvalue weighted by molar-refractivity contribution is 0.0594. The van der Waals surface area contributed by atoms with Crippen LogP contribution in [-0.4, -0.2) is 18.1 Å². The van der Waals surface area contributed by atoms with Crippen molar-refractivity contribution in [2.45, 2.75) is 0 Å². The Morgan fingerprint density at radius 2 is 2.25 bits per heavy atom. The molecule has 0 unspecified atom stereocenters. The van der Waals surface area contributed by atoms with Crippen LogP contribution < -0.4 is 5.43 Å². The second-order valence-electron chi connectivity index (χ2n) is 2.07. The molecule has 5 heteroatoms. The fraction of sp³-hybridized carbons (Fsp3) is 0.143. The van der Waals surface area contributed by atoms with Crippen LogP contribution >= 0.6 is 11.6 Å². The van der Waals surface area contributed by atoms with E-state index < -0.39 is 5.97 Å². The molecular formula is C7H6ClNO3. The van der Waals surface area contributed by atoms with Gasteiger partial charge in [0.25, 0.3) is 0 Å². The number of hydrogen-bond donors (Lipinski definition) is 1. The van der Waals surface area contributed by atoms with Gasteiger partial charge >= 0.3 is 5.97 Å². The standard InChI is InChI=1S/C7H6ClNO3/c1-12-7(11)5-2-4(10)3-6(8)9-5/h2-3H,1H3,(H,9,10). The van der Waals surface area contributed by atoms with Gasteiger partial charge in [-0.05, 0) is 0 Å². The summed E-state index contributed by atoms with van der Waals surface area (Å²) in [6.45, 7) is 0. The molecule has 1 aromatic rings. The van der Waals surface area contributed by atoms with Crippen LogP contribution in [0.15, 0.2) is 16.9 Å². The minimum Gasteiger partial charge on any atom is -0.464 e. The second-order valence-corrected chi connectivity index (χ2v) is 2.48. The van der Waals surface area contributed by atoms with Crippen molar-refractivity contribution in [3.63, 3.8) is 0 Å². The van der Waals surface area contributed by atoms with E-state index in [2.05, 4.69) is 9.72 Å². The lowest BCUT2D eigenvalue weighted by Gasteiger charge is -1.98. The van der Waals surface area contributed by atoms with E-state index in [0.717, 1.165) is 6.07 Å². The number of esters is 1. The molecule has 0 aliphatic rings. The first-order valence-electron chi connectivity index (χ1n) is 3.11. The molecule has 4 nitrogen and oxygen atoms in total. The molecule has 12 heavy (non-hydrogen) atoms. The Labute approximate surface area is 73.1 Å². The molecule has 1 aromatic heterocycles. The van der Waals surface area contributed by atoms with Crippen LogP contribution in [0.5, 0.6) is 0 Å². The van der Waals surface area contributed by atoms with E-state index in [9.17, 15) is 9.59 Å². The summed E-state index contributed by atoms with van der Waals surface area (Å²) in [4.78, 5) is 24.2. The number of nitrogens with one attached hydrogen (secondary N) is 1. The second kappa shape index (κ2) is 3.40. The summed E-state index contributed by atoms with van der Waals surface area (Å²) in [5.41, 5.74) is -0.283. The number of aromatic nitrogens is 1. The smallest absolute Gasteiger partial charge is 0.354 e. The summed E-state index contributed by atoms with van der Waals surface area (Å²) in [5.74, 6) is -0.616. The zero-order valence-electron chi connectivity index (χ0n) is 6.26. The third-order valence-corrected chi connectivity index (χ3v) is 1.42. The molecule has 0 saturated carbocycles. The molecule has 1 rings (SSSR count). The Bertz CT molecular complexity index is 358. The number of ether oxygens (including phenoxy) is 1. The monoisotopic (exact) mass is 187 g/mol. The highest BCUT2D eigenvalue weighted by Crippen LogP contribution is 2.01. The van der Waals surface area contributed by atoms with Gasteiger partial charge in [-0.1, -0.05) is 11.6 Å². The number of carbonyl (C=O) groups is 1. The van der Waals surface area contributed by atoms with Crippen molar-refractivity contribution in [2.75, 3.05) is 7.11 Å². The minimum atomic E-state index is -0.616. The fourth-order valence-corrected chi connectivity index (χ4v) is 0.939. The first-order valence-corrected chi connectivity index (χ1v) is 3.49. The van der Waals surface area contributed by atoms with Crippen molar-refractivity contribution in [3.8, 4) is 0 Å². The highest BCUT2D eigenvalue weighted by molar-refractivity contribution is 6.29. The fourth-order valence-electron chi connectivity index (χ4n) is 0.730. The average Bonchev–Trinajstić information content (AvgIpc) is 2.01. The summed E-state index contributed by atoms with van der Waals surface area (Å²) < 4.78 is 4.38. The van der Waals surface area contributed by atoms with Crippen LogP contribution in [0.1, 0.15) is 10.5 Å². The number of H-pyrrole nitrogens is 1. The van der Waals surface area contributed by atoms with Crippen molar-refractivity contribution < 1.29 is 9.53 Å². The highest BCUT2D eigenvalue weighted by Gasteiger charge is 2.06. The molecule has 0 aliphatic carbocycles. The molecular weight excluding hydrogens is 182 g/mol. The largest absolute Gasteiger partial charge is 0.464 e. The summed E-state index contributed by atoms with van der Waals surface area (Å²) in [6, 6.07) is 2.30. The summed E-state index contributed by atoms with van der Waals surface area (Å²) in [6.07, 6.45) is 0. The summed E-state index contributed by atoms with van der Waals surface area (Å²) in [5, 5.41) is 0.114. The summed E-state index contributed by atoms with van der Waals surface area (Å²) >= 11 is 5.49. The number of rotatable bonds is 1. The zero-order valence-corrected chi connectivity index (χ0v) is 7.01. The van der Waals surface area contributed by atoms with Gasteiger partial charge in [0.1, 0.15) is 10.8 Å². The molecule has 0 amide bonds. The lowest BCUT2D eigenvalue weighted by atomic mass is 10.3. The van der Waals surface area contributed by atoms with Crippen LogP contribution in [0.3, 0.4) is 0 Å². The SMILES string of the molecule is COC(=O)c1cc(=O)cc(Cl)[nH]1. The van der Waals surface area contributed by atoms with Crippen molar-refractivity contribution in [2.24, 2.45) is 0 Å². The average molecular weight is 188 g/mol. The van der Waals surface area contributed by atoms with Crippen molar-refractivity contribution >= 4 is 17.6 Å². The van der Waals surface area contributed by atoms with E-state index in [0.29, 0.717) is 0 Å². The van der Waals surface area contributed by atoms with E-state index in [-0.39, 0.29) is 16.3 Å². The molecule has 0 bridgehead atoms. The van der Waals surface area contributed by atoms with Gasteiger partial charge in [-0.15, -0.1) is 0 Å². The molecule has 0 fully saturated rings. The third kappa shape index (κ3) is 1.85. The Morgan fingerprint density at radius 3 is 2.75 bits per heavy atom. The Kier molecular flexibility index (Phi) is 2.50. The predicted molar refractivity (Wildman–Crippen MR) is 43.4 cm³/mol. The normalized spacial score (nSPS) is 9.50. The van der Waals surface area contributed by atoms with Crippen LogP contribution in [0.2, 0.25) is 5.15 Å². The van der Waals surface area contributed by atoms with E-state index >= 15 is 0 Å². The molecule has 0 radical (unpaired) electrons. The molecule has 0 aliphatic heterocycles. The Balaban J connectivity index is 3.17. The molecule has 1 N–H and O–H groups in total. The van der Waals surface area contributed by atoms with Gasteiger partial charge in [0.15, 0.2) is 5.43 Å². The third-order valence-electron chi connectivity index (χ3n) is 1.21. The maximum absolute atomic E-state index is 10.9. The van der Waals surface area contributed by atoms with Gasteiger partial charge in [-0.2, -0.15) is 0 Å². The Morgan fingerprint density at radius 1 is 1.58 bits per heavy atom. The predicted octanol–water partition coefficient (Wildman–Crippen LogP) is 0.815. The van der Waals surface area contributed by atoms with E-state index in [1.807, 2.05) is 0 Å². The molecule has 1 heterocycles. The highest BCUT2D eigenvalue weighted by atomic mass is 35.5. The molecule has 0 atom stereocenters. The van der Waals surface area contributed by atoms with Crippen molar-refractivity contribution in [3.05, 3.63) is 33.2 Å². The zero-order chi connectivity index (χ0) is 9.14. The van der Waals surface area contributed by atoms with Crippen LogP contribution in [0, 0.1) is 0 Å². The van der Waals surface area contributed by atoms with Gasteiger partial charge in [0.05, 0.1) is 7.11 Å². The van der Waals surface area contributed by atoms with Crippen LogP contribution in [0.25, 0.3) is 0 Å². The van der Waals surface area contributed by atoms with Crippen molar-refractivity contribution in [1.82, 2.24) is 4.98 Å². The number of hydrogen-bond acceptors (Lipinski definition) is 3. The maximum atomic E-state index is 10.9. The van der Waals surface area contributed by atoms with Crippen LogP contribution in [-0.2, 0) is 4.74 Å². The van der Waals surface area contributed by atoms with Gasteiger partial charge in [0, 0.05) is 12.1 Å². The number of carbonyl (C=O) groups excluding carboxylic acids is 1. The van der Waals surface area contributed by atoms with Gasteiger partial charge < -0.3 is 9.72 Å². The number of pyridine rings is 1. The molecule has 64 valence electrons. The molecule has 0 aromatic carbocycles. The summed E-state index contributed by atoms with van der Waals surface area (Å²) in [7, 11) is 1.22. The van der Waals surface area contributed by atoms with Gasteiger partial charge in [0.2, 0.25) is 0 Å². The van der Waals surface area contributed by atoms with E-state index in [1.165, 1.54) is 13.2 Å². The molecule has 0 spiro atoms. The van der Waals surface area contributed by atoms with E-state index in [1.54, 1.807) is 0 Å². The number of aromatic amines is 1. The number of methoxy groups -OCH3 is 1. The topological polar surface area (TPSA) is 59.2 Å². The van der Waals surface area contributed by atoms with Crippen LogP contribution in [0.4, 0.5) is 0 Å². The first-order chi connectivity index (χ1) is 5.63. The maximum Gasteiger partial charge on any atom is 0.354 e. The van der Waals surface area contributed by atoms with Crippen molar-refractivity contribution in [1.29, 1.82) is 0 Å².